The number of para-hydroxylation sites is 1. The van der Waals surface area contributed by atoms with Crippen molar-refractivity contribution in [2.45, 2.75) is 32.2 Å². The fourth-order valence-corrected chi connectivity index (χ4v) is 4.43. The first-order valence-corrected chi connectivity index (χ1v) is 9.23. The number of carbonyl (C=O) groups excluding carboxylic acids is 1. The van der Waals surface area contributed by atoms with E-state index < -0.39 is 0 Å². The number of imidazole rings is 1. The molecule has 2 aliphatic rings. The summed E-state index contributed by atoms with van der Waals surface area (Å²) < 4.78 is 2.07. The number of aryl methyl sites for hydroxylation is 1. The largest absolute Gasteiger partial charge is 0.337 e. The van der Waals surface area contributed by atoms with Crippen molar-refractivity contribution >= 4 is 11.6 Å². The number of benzene rings is 1. The van der Waals surface area contributed by atoms with Gasteiger partial charge in [0.05, 0.1) is 17.4 Å². The lowest BCUT2D eigenvalue weighted by molar-refractivity contribution is -0.134. The number of anilines is 1. The first-order chi connectivity index (χ1) is 12.2. The summed E-state index contributed by atoms with van der Waals surface area (Å²) in [7, 11) is 2.03. The zero-order chi connectivity index (χ0) is 17.3. The molecule has 1 atom stereocenters. The number of amides is 1. The normalized spacial score (nSPS) is 24.8. The van der Waals surface area contributed by atoms with Crippen molar-refractivity contribution in [1.29, 1.82) is 0 Å². The Bertz CT molecular complexity index is 737. The molecule has 3 heterocycles. The second kappa shape index (κ2) is 6.64. The maximum atomic E-state index is 13.4. The summed E-state index contributed by atoms with van der Waals surface area (Å²) in [5.74, 6) is 0.319. The SMILES string of the molecule is Cn1cncc1CN1CCCC2(CCCN(c3ccccc3)C2=O)C1. The quantitative estimate of drug-likeness (QED) is 0.864. The highest BCUT2D eigenvalue weighted by molar-refractivity contribution is 5.98. The van der Waals surface area contributed by atoms with E-state index in [2.05, 4.69) is 14.5 Å². The maximum Gasteiger partial charge on any atom is 0.234 e. The molecule has 1 aromatic heterocycles. The molecule has 5 nitrogen and oxygen atoms in total. The summed E-state index contributed by atoms with van der Waals surface area (Å²) in [6.07, 6.45) is 7.97. The first-order valence-electron chi connectivity index (χ1n) is 9.23. The molecular formula is C20H26N4O. The molecule has 5 heteroatoms. The summed E-state index contributed by atoms with van der Waals surface area (Å²) in [6.45, 7) is 3.63. The van der Waals surface area contributed by atoms with E-state index in [9.17, 15) is 4.79 Å². The predicted octanol–water partition coefficient (Wildman–Crippen LogP) is 2.83. The van der Waals surface area contributed by atoms with E-state index in [1.165, 1.54) is 5.69 Å². The molecule has 0 saturated carbocycles. The molecule has 2 aromatic rings. The van der Waals surface area contributed by atoms with Crippen molar-refractivity contribution in [3.8, 4) is 0 Å². The van der Waals surface area contributed by atoms with Gasteiger partial charge in [-0.2, -0.15) is 0 Å². The van der Waals surface area contributed by atoms with E-state index in [1.807, 2.05) is 54.8 Å². The Labute approximate surface area is 149 Å². The minimum Gasteiger partial charge on any atom is -0.337 e. The van der Waals surface area contributed by atoms with Gasteiger partial charge in [-0.3, -0.25) is 9.69 Å². The molecule has 2 saturated heterocycles. The third-order valence-corrected chi connectivity index (χ3v) is 5.76. The molecule has 25 heavy (non-hydrogen) atoms. The van der Waals surface area contributed by atoms with Crippen LogP contribution in [0.5, 0.6) is 0 Å². The summed E-state index contributed by atoms with van der Waals surface area (Å²) in [4.78, 5) is 22.1. The number of piperidine rings is 2. The Morgan fingerprint density at radius 3 is 2.60 bits per heavy atom. The molecule has 1 unspecified atom stereocenters. The Balaban J connectivity index is 1.53. The zero-order valence-corrected chi connectivity index (χ0v) is 14.9. The van der Waals surface area contributed by atoms with Gasteiger partial charge in [-0.05, 0) is 44.4 Å². The monoisotopic (exact) mass is 338 g/mol. The summed E-state index contributed by atoms with van der Waals surface area (Å²) in [5.41, 5.74) is 2.03. The van der Waals surface area contributed by atoms with Crippen LogP contribution < -0.4 is 4.90 Å². The average Bonchev–Trinajstić information content (AvgIpc) is 3.03. The maximum absolute atomic E-state index is 13.4. The molecule has 2 aliphatic heterocycles. The van der Waals surface area contributed by atoms with Crippen LogP contribution in [0.2, 0.25) is 0 Å². The number of hydrogen-bond donors (Lipinski definition) is 0. The van der Waals surface area contributed by atoms with Crippen molar-refractivity contribution in [2.75, 3.05) is 24.5 Å². The first kappa shape index (κ1) is 16.3. The van der Waals surface area contributed by atoms with Crippen molar-refractivity contribution in [3.63, 3.8) is 0 Å². The number of likely N-dealkylation sites (tertiary alicyclic amines) is 1. The topological polar surface area (TPSA) is 41.4 Å². The minimum absolute atomic E-state index is 0.217. The lowest BCUT2D eigenvalue weighted by atomic mass is 9.72. The van der Waals surface area contributed by atoms with Crippen LogP contribution in [0.4, 0.5) is 5.69 Å². The Morgan fingerprint density at radius 2 is 1.88 bits per heavy atom. The Morgan fingerprint density at radius 1 is 1.12 bits per heavy atom. The number of carbonyl (C=O) groups is 1. The second-order valence-corrected chi connectivity index (χ2v) is 7.49. The summed E-state index contributed by atoms with van der Waals surface area (Å²) in [5, 5.41) is 0. The summed E-state index contributed by atoms with van der Waals surface area (Å²) in [6, 6.07) is 10.1. The van der Waals surface area contributed by atoms with E-state index in [0.29, 0.717) is 5.91 Å². The highest BCUT2D eigenvalue weighted by Gasteiger charge is 2.46. The van der Waals surface area contributed by atoms with Gasteiger partial charge in [0.15, 0.2) is 0 Å². The molecule has 0 radical (unpaired) electrons. The van der Waals surface area contributed by atoms with Gasteiger partial charge >= 0.3 is 0 Å². The van der Waals surface area contributed by atoms with Crippen LogP contribution in [0, 0.1) is 5.41 Å². The van der Waals surface area contributed by atoms with E-state index in [0.717, 1.165) is 57.5 Å². The molecule has 132 valence electrons. The van der Waals surface area contributed by atoms with Crippen LogP contribution in [0.3, 0.4) is 0 Å². The van der Waals surface area contributed by atoms with Crippen LogP contribution >= 0.6 is 0 Å². The Kier molecular flexibility index (Phi) is 4.34. The number of nitrogens with zero attached hydrogens (tertiary/aromatic N) is 4. The summed E-state index contributed by atoms with van der Waals surface area (Å²) >= 11 is 0. The standard InChI is InChI=1S/C20H26N4O/c1-22-16-21-13-18(22)14-23-11-5-9-20(15-23)10-6-12-24(19(20)25)17-7-3-2-4-8-17/h2-4,7-8,13,16H,5-6,9-12,14-15H2,1H3. The molecule has 1 spiro atoms. The van der Waals surface area contributed by atoms with Crippen LogP contribution in [0.1, 0.15) is 31.4 Å². The van der Waals surface area contributed by atoms with Gasteiger partial charge in [-0.15, -0.1) is 0 Å². The van der Waals surface area contributed by atoms with Crippen LogP contribution in [-0.2, 0) is 18.4 Å². The fourth-order valence-electron chi connectivity index (χ4n) is 4.43. The van der Waals surface area contributed by atoms with Crippen LogP contribution in [0.25, 0.3) is 0 Å². The highest BCUT2D eigenvalue weighted by Crippen LogP contribution is 2.41. The van der Waals surface area contributed by atoms with Crippen molar-refractivity contribution < 1.29 is 4.79 Å². The molecule has 0 N–H and O–H groups in total. The predicted molar refractivity (Wildman–Crippen MR) is 98.2 cm³/mol. The fraction of sp³-hybridized carbons (Fsp3) is 0.500. The lowest BCUT2D eigenvalue weighted by Crippen LogP contribution is -2.56. The molecule has 1 amide bonds. The van der Waals surface area contributed by atoms with Gasteiger partial charge in [0, 0.05) is 38.6 Å². The zero-order valence-electron chi connectivity index (χ0n) is 14.9. The number of rotatable bonds is 3. The molecule has 2 fully saturated rings. The van der Waals surface area contributed by atoms with Gasteiger partial charge < -0.3 is 9.47 Å². The number of aromatic nitrogens is 2. The van der Waals surface area contributed by atoms with E-state index in [-0.39, 0.29) is 5.41 Å². The lowest BCUT2D eigenvalue weighted by Gasteiger charge is -2.47. The molecule has 1 aromatic carbocycles. The molecule has 0 aliphatic carbocycles. The molecule has 4 rings (SSSR count). The number of hydrogen-bond acceptors (Lipinski definition) is 3. The third-order valence-electron chi connectivity index (χ3n) is 5.76. The van der Waals surface area contributed by atoms with Crippen molar-refractivity contribution in [2.24, 2.45) is 12.5 Å². The van der Waals surface area contributed by atoms with Gasteiger partial charge in [0.2, 0.25) is 5.91 Å². The van der Waals surface area contributed by atoms with Crippen molar-refractivity contribution in [3.05, 3.63) is 48.5 Å². The van der Waals surface area contributed by atoms with Gasteiger partial charge in [0.1, 0.15) is 0 Å². The van der Waals surface area contributed by atoms with Gasteiger partial charge in [0.25, 0.3) is 0 Å². The average molecular weight is 338 g/mol. The van der Waals surface area contributed by atoms with E-state index in [1.54, 1.807) is 0 Å². The third kappa shape index (κ3) is 3.09. The molecular weight excluding hydrogens is 312 g/mol. The van der Waals surface area contributed by atoms with Crippen LogP contribution in [-0.4, -0.2) is 40.0 Å². The van der Waals surface area contributed by atoms with E-state index in [4.69, 9.17) is 0 Å². The van der Waals surface area contributed by atoms with Gasteiger partial charge in [-0.25, -0.2) is 4.98 Å². The Hall–Kier alpha value is -2.14. The smallest absolute Gasteiger partial charge is 0.234 e. The van der Waals surface area contributed by atoms with E-state index >= 15 is 0 Å². The minimum atomic E-state index is -0.217. The molecule has 0 bridgehead atoms. The van der Waals surface area contributed by atoms with Gasteiger partial charge in [-0.1, -0.05) is 18.2 Å². The van der Waals surface area contributed by atoms with Crippen molar-refractivity contribution in [1.82, 2.24) is 14.5 Å². The van der Waals surface area contributed by atoms with Crippen LogP contribution in [0.15, 0.2) is 42.9 Å². The highest BCUT2D eigenvalue weighted by atomic mass is 16.2. The second-order valence-electron chi connectivity index (χ2n) is 7.49.